The molecule has 2 unspecified atom stereocenters. The molecular formula is C22H25N3O2. The van der Waals surface area contributed by atoms with E-state index in [9.17, 15) is 5.11 Å². The van der Waals surface area contributed by atoms with Crippen molar-refractivity contribution in [1.82, 2.24) is 9.97 Å². The third-order valence-corrected chi connectivity index (χ3v) is 5.21. The molecule has 27 heavy (non-hydrogen) atoms. The molecule has 0 spiro atoms. The van der Waals surface area contributed by atoms with Gasteiger partial charge in [-0.2, -0.15) is 0 Å². The number of phenolic OH excluding ortho intramolecular Hbond substituents is 1. The van der Waals surface area contributed by atoms with Gasteiger partial charge in [-0.15, -0.1) is 0 Å². The maximum atomic E-state index is 10.6. The van der Waals surface area contributed by atoms with Gasteiger partial charge in [0.2, 0.25) is 0 Å². The summed E-state index contributed by atoms with van der Waals surface area (Å²) in [7, 11) is 1.54. The van der Waals surface area contributed by atoms with E-state index in [-0.39, 0.29) is 5.75 Å². The summed E-state index contributed by atoms with van der Waals surface area (Å²) in [4.78, 5) is 12.0. The van der Waals surface area contributed by atoms with E-state index >= 15 is 0 Å². The molecule has 0 aliphatic carbocycles. The second kappa shape index (κ2) is 7.06. The summed E-state index contributed by atoms with van der Waals surface area (Å²) in [5, 5.41) is 11.6. The first kappa shape index (κ1) is 17.6. The lowest BCUT2D eigenvalue weighted by Gasteiger charge is -2.36. The van der Waals surface area contributed by atoms with Crippen LogP contribution in [0.2, 0.25) is 0 Å². The zero-order chi connectivity index (χ0) is 19.0. The van der Waals surface area contributed by atoms with E-state index in [4.69, 9.17) is 14.7 Å². The molecular weight excluding hydrogens is 338 g/mol. The average Bonchev–Trinajstić information content (AvgIpc) is 2.66. The Morgan fingerprint density at radius 1 is 1.00 bits per heavy atom. The lowest BCUT2D eigenvalue weighted by atomic mass is 9.92. The molecule has 5 heteroatoms. The number of methoxy groups -OCH3 is 1. The Kier molecular flexibility index (Phi) is 4.60. The van der Waals surface area contributed by atoms with Gasteiger partial charge in [0.15, 0.2) is 17.3 Å². The predicted molar refractivity (Wildman–Crippen MR) is 108 cm³/mol. The fraction of sp³-hybridized carbons (Fsp3) is 0.364. The van der Waals surface area contributed by atoms with Crippen molar-refractivity contribution >= 4 is 16.7 Å². The standard InChI is InChI=1S/C22H25N3O2/c1-14-11-15(2)13-25(12-14)22-16-7-4-5-9-18(16)23-21(24-22)17-8-6-10-19(27-3)20(17)26/h4-10,14-15,26H,11-13H2,1-3H3. The minimum Gasteiger partial charge on any atom is -0.504 e. The van der Waals surface area contributed by atoms with Crippen LogP contribution in [0.15, 0.2) is 42.5 Å². The van der Waals surface area contributed by atoms with E-state index in [1.54, 1.807) is 13.2 Å². The highest BCUT2D eigenvalue weighted by molar-refractivity contribution is 5.91. The molecule has 1 aliphatic heterocycles. The van der Waals surface area contributed by atoms with Crippen molar-refractivity contribution in [1.29, 1.82) is 0 Å². The summed E-state index contributed by atoms with van der Waals surface area (Å²) >= 11 is 0. The number of rotatable bonds is 3. The van der Waals surface area contributed by atoms with Crippen LogP contribution in [0, 0.1) is 11.8 Å². The molecule has 0 radical (unpaired) electrons. The van der Waals surface area contributed by atoms with Gasteiger partial charge in [0, 0.05) is 18.5 Å². The smallest absolute Gasteiger partial charge is 0.168 e. The molecule has 1 fully saturated rings. The van der Waals surface area contributed by atoms with Crippen LogP contribution in [0.25, 0.3) is 22.3 Å². The van der Waals surface area contributed by atoms with Gasteiger partial charge in [0.05, 0.1) is 18.2 Å². The van der Waals surface area contributed by atoms with Crippen LogP contribution in [-0.2, 0) is 0 Å². The molecule has 2 aromatic carbocycles. The molecule has 1 aromatic heterocycles. The molecule has 0 saturated carbocycles. The van der Waals surface area contributed by atoms with Crippen LogP contribution >= 0.6 is 0 Å². The Morgan fingerprint density at radius 3 is 2.48 bits per heavy atom. The summed E-state index contributed by atoms with van der Waals surface area (Å²) in [6.45, 7) is 6.55. The van der Waals surface area contributed by atoms with Crippen molar-refractivity contribution in [2.24, 2.45) is 11.8 Å². The Bertz CT molecular complexity index is 963. The second-order valence-electron chi connectivity index (χ2n) is 7.60. The van der Waals surface area contributed by atoms with Crippen LogP contribution < -0.4 is 9.64 Å². The van der Waals surface area contributed by atoms with Crippen molar-refractivity contribution in [3.8, 4) is 22.9 Å². The minimum atomic E-state index is 0.0709. The fourth-order valence-electron chi connectivity index (χ4n) is 4.12. The van der Waals surface area contributed by atoms with Gasteiger partial charge in [0.25, 0.3) is 0 Å². The van der Waals surface area contributed by atoms with Crippen molar-refractivity contribution in [3.05, 3.63) is 42.5 Å². The largest absolute Gasteiger partial charge is 0.504 e. The van der Waals surface area contributed by atoms with E-state index < -0.39 is 0 Å². The number of benzene rings is 2. The number of nitrogens with zero attached hydrogens (tertiary/aromatic N) is 3. The average molecular weight is 363 g/mol. The van der Waals surface area contributed by atoms with Gasteiger partial charge in [-0.05, 0) is 42.5 Å². The molecule has 1 aliphatic rings. The second-order valence-corrected chi connectivity index (χ2v) is 7.60. The fourth-order valence-corrected chi connectivity index (χ4v) is 4.12. The first-order valence-electron chi connectivity index (χ1n) is 9.45. The molecule has 4 rings (SSSR count). The van der Waals surface area contributed by atoms with Crippen molar-refractivity contribution in [2.45, 2.75) is 20.3 Å². The Hall–Kier alpha value is -2.82. The molecule has 2 heterocycles. The van der Waals surface area contributed by atoms with Crippen LogP contribution in [0.4, 0.5) is 5.82 Å². The maximum absolute atomic E-state index is 10.6. The number of para-hydroxylation sites is 2. The summed E-state index contributed by atoms with van der Waals surface area (Å²) in [6.07, 6.45) is 1.24. The third-order valence-electron chi connectivity index (χ3n) is 5.21. The van der Waals surface area contributed by atoms with E-state index in [1.165, 1.54) is 6.42 Å². The zero-order valence-electron chi connectivity index (χ0n) is 16.0. The number of ether oxygens (including phenoxy) is 1. The van der Waals surface area contributed by atoms with Gasteiger partial charge in [-0.3, -0.25) is 0 Å². The van der Waals surface area contributed by atoms with E-state index in [0.717, 1.165) is 29.8 Å². The number of aromatic hydroxyl groups is 1. The van der Waals surface area contributed by atoms with Crippen LogP contribution in [0.5, 0.6) is 11.5 Å². The third kappa shape index (κ3) is 3.29. The summed E-state index contributed by atoms with van der Waals surface area (Å²) in [6, 6.07) is 13.5. The number of hydrogen-bond donors (Lipinski definition) is 1. The van der Waals surface area contributed by atoms with Crippen LogP contribution in [0.1, 0.15) is 20.3 Å². The molecule has 3 aromatic rings. The summed E-state index contributed by atoms with van der Waals surface area (Å²) < 4.78 is 5.25. The number of fused-ring (bicyclic) bond motifs is 1. The highest BCUT2D eigenvalue weighted by atomic mass is 16.5. The molecule has 1 N–H and O–H groups in total. The first-order chi connectivity index (χ1) is 13.1. The van der Waals surface area contributed by atoms with E-state index in [1.807, 2.05) is 30.3 Å². The van der Waals surface area contributed by atoms with Crippen molar-refractivity contribution < 1.29 is 9.84 Å². The van der Waals surface area contributed by atoms with Gasteiger partial charge >= 0.3 is 0 Å². The molecule has 1 saturated heterocycles. The topological polar surface area (TPSA) is 58.5 Å². The quantitative estimate of drug-likeness (QED) is 0.743. The summed E-state index contributed by atoms with van der Waals surface area (Å²) in [5.41, 5.74) is 1.46. The van der Waals surface area contributed by atoms with Gasteiger partial charge in [0.1, 0.15) is 5.82 Å². The van der Waals surface area contributed by atoms with Crippen LogP contribution in [-0.4, -0.2) is 35.3 Å². The molecule has 0 bridgehead atoms. The Balaban J connectivity index is 1.89. The summed E-state index contributed by atoms with van der Waals surface area (Å²) in [5.74, 6) is 3.20. The van der Waals surface area contributed by atoms with E-state index in [2.05, 4.69) is 24.8 Å². The monoisotopic (exact) mass is 363 g/mol. The van der Waals surface area contributed by atoms with Gasteiger partial charge < -0.3 is 14.7 Å². The maximum Gasteiger partial charge on any atom is 0.168 e. The van der Waals surface area contributed by atoms with Gasteiger partial charge in [-0.25, -0.2) is 9.97 Å². The first-order valence-corrected chi connectivity index (χ1v) is 9.45. The molecule has 140 valence electrons. The van der Waals surface area contributed by atoms with Crippen LogP contribution in [0.3, 0.4) is 0 Å². The van der Waals surface area contributed by atoms with Crippen molar-refractivity contribution in [2.75, 3.05) is 25.1 Å². The molecule has 5 nitrogen and oxygen atoms in total. The van der Waals surface area contributed by atoms with E-state index in [0.29, 0.717) is 29.0 Å². The Morgan fingerprint density at radius 2 is 1.74 bits per heavy atom. The lowest BCUT2D eigenvalue weighted by molar-refractivity contribution is 0.356. The number of phenols is 1. The van der Waals surface area contributed by atoms with Gasteiger partial charge in [-0.1, -0.05) is 32.0 Å². The highest BCUT2D eigenvalue weighted by Gasteiger charge is 2.25. The number of hydrogen-bond acceptors (Lipinski definition) is 5. The Labute approximate surface area is 159 Å². The number of piperidine rings is 1. The lowest BCUT2D eigenvalue weighted by Crippen LogP contribution is -2.39. The number of anilines is 1. The van der Waals surface area contributed by atoms with Crippen molar-refractivity contribution in [3.63, 3.8) is 0 Å². The minimum absolute atomic E-state index is 0.0709. The number of aromatic nitrogens is 2. The molecule has 0 amide bonds. The zero-order valence-corrected chi connectivity index (χ0v) is 16.0. The SMILES string of the molecule is COc1cccc(-c2nc(N3CC(C)CC(C)C3)c3ccccc3n2)c1O. The predicted octanol–water partition coefficient (Wildman–Crippen LogP) is 4.49. The highest BCUT2D eigenvalue weighted by Crippen LogP contribution is 2.38. The normalized spacial score (nSPS) is 20.0. The molecule has 2 atom stereocenters.